The van der Waals surface area contributed by atoms with E-state index in [0.29, 0.717) is 0 Å². The minimum Gasteiger partial charge on any atom is -0.507 e. The molecule has 1 aliphatic heterocycles. The Labute approximate surface area is 127 Å². The van der Waals surface area contributed by atoms with Gasteiger partial charge in [0.25, 0.3) is 5.91 Å². The van der Waals surface area contributed by atoms with Gasteiger partial charge in [0.1, 0.15) is 11.3 Å². The van der Waals surface area contributed by atoms with Crippen LogP contribution in [-0.2, 0) is 10.6 Å². The van der Waals surface area contributed by atoms with Crippen LogP contribution in [0, 0.1) is 12.7 Å². The molecule has 5 N–H and O–H groups in total. The Morgan fingerprint density at radius 1 is 1.00 bits per heavy atom. The minimum atomic E-state index is -2.76. The van der Waals surface area contributed by atoms with Crippen LogP contribution in [-0.4, -0.2) is 56.7 Å². The zero-order chi connectivity index (χ0) is 17.1. The van der Waals surface area contributed by atoms with Crippen molar-refractivity contribution in [1.82, 2.24) is 4.90 Å². The lowest BCUT2D eigenvalue weighted by molar-refractivity contribution is -0.288. The van der Waals surface area contributed by atoms with Gasteiger partial charge >= 0.3 is 0 Å². The molecular formula is C14H22FNO6. The molecule has 126 valence electrons. The molecule has 0 aliphatic carbocycles. The Hall–Kier alpha value is -1.61. The molecule has 0 amide bonds. The molecule has 1 aromatic carbocycles. The van der Waals surface area contributed by atoms with Gasteiger partial charge in [-0.05, 0) is 6.92 Å². The van der Waals surface area contributed by atoms with E-state index in [1.165, 1.54) is 0 Å². The number of halogens is 1. The van der Waals surface area contributed by atoms with E-state index in [2.05, 4.69) is 0 Å². The van der Waals surface area contributed by atoms with Crippen LogP contribution in [0.5, 0.6) is 17.2 Å². The lowest BCUT2D eigenvalue weighted by Gasteiger charge is -2.38. The second-order valence-electron chi connectivity index (χ2n) is 4.59. The molecule has 0 atom stereocenters. The SMILES string of the molecule is CC.Cc1c(O)c(C(O)(O)N2CCOCC2)c(O)c(O)c1F. The first-order valence-corrected chi connectivity index (χ1v) is 6.99. The molecular weight excluding hydrogens is 297 g/mol. The van der Waals surface area contributed by atoms with Gasteiger partial charge in [0.05, 0.1) is 13.2 Å². The van der Waals surface area contributed by atoms with Crippen molar-refractivity contribution in [3.63, 3.8) is 0 Å². The quantitative estimate of drug-likeness (QED) is 0.310. The maximum Gasteiger partial charge on any atom is 0.261 e. The highest BCUT2D eigenvalue weighted by atomic mass is 19.1. The van der Waals surface area contributed by atoms with Gasteiger partial charge in [0.2, 0.25) is 0 Å². The Kier molecular flexibility index (Phi) is 5.95. The zero-order valence-electron chi connectivity index (χ0n) is 12.8. The second kappa shape index (κ2) is 7.10. The summed E-state index contributed by atoms with van der Waals surface area (Å²) in [5, 5.41) is 49.4. The lowest BCUT2D eigenvalue weighted by atomic mass is 10.0. The number of nitrogens with zero attached hydrogens (tertiary/aromatic N) is 1. The highest BCUT2D eigenvalue weighted by Crippen LogP contribution is 2.46. The number of aromatic hydroxyl groups is 3. The van der Waals surface area contributed by atoms with E-state index in [-0.39, 0.29) is 26.3 Å². The Morgan fingerprint density at radius 2 is 1.50 bits per heavy atom. The standard InChI is InChI=1S/C12H16FNO6.C2H6/c1-6-8(13)11(17)10(16)7(9(6)15)12(18,19)14-2-4-20-5-3-14;1-2/h15-19H,2-5H2,1H3;1-2H3. The summed E-state index contributed by atoms with van der Waals surface area (Å²) in [6.07, 6.45) is 0. The van der Waals surface area contributed by atoms with Crippen LogP contribution in [0.4, 0.5) is 4.39 Å². The van der Waals surface area contributed by atoms with Crippen molar-refractivity contribution in [3.8, 4) is 17.2 Å². The number of benzene rings is 1. The van der Waals surface area contributed by atoms with Crippen LogP contribution >= 0.6 is 0 Å². The summed E-state index contributed by atoms with van der Waals surface area (Å²) in [4.78, 5) is 1.13. The van der Waals surface area contributed by atoms with Gasteiger partial charge in [-0.25, -0.2) is 9.29 Å². The Morgan fingerprint density at radius 3 is 2.00 bits per heavy atom. The summed E-state index contributed by atoms with van der Waals surface area (Å²) < 4.78 is 18.6. The highest BCUT2D eigenvalue weighted by molar-refractivity contribution is 5.58. The number of hydrogen-bond acceptors (Lipinski definition) is 7. The maximum atomic E-state index is 13.5. The molecule has 0 radical (unpaired) electrons. The fourth-order valence-corrected chi connectivity index (χ4v) is 2.15. The first-order chi connectivity index (χ1) is 10.3. The molecule has 8 heteroatoms. The van der Waals surface area contributed by atoms with Gasteiger partial charge in [0, 0.05) is 18.7 Å². The third kappa shape index (κ3) is 3.09. The Bertz CT molecular complexity index is 500. The molecule has 2 rings (SSSR count). The molecule has 7 nitrogen and oxygen atoms in total. The van der Waals surface area contributed by atoms with E-state index in [1.54, 1.807) is 0 Å². The number of aliphatic hydroxyl groups is 2. The van der Waals surface area contributed by atoms with Crippen molar-refractivity contribution in [2.24, 2.45) is 0 Å². The van der Waals surface area contributed by atoms with Crippen molar-refractivity contribution in [2.45, 2.75) is 26.7 Å². The largest absolute Gasteiger partial charge is 0.507 e. The number of rotatable bonds is 2. The molecule has 0 saturated carbocycles. The van der Waals surface area contributed by atoms with Crippen molar-refractivity contribution in [2.75, 3.05) is 26.3 Å². The summed E-state index contributed by atoms with van der Waals surface area (Å²) in [7, 11) is 0. The zero-order valence-corrected chi connectivity index (χ0v) is 12.8. The minimum absolute atomic E-state index is 0.128. The summed E-state index contributed by atoms with van der Waals surface area (Å²) >= 11 is 0. The fraction of sp³-hybridized carbons (Fsp3) is 0.571. The molecule has 0 spiro atoms. The molecule has 1 heterocycles. The van der Waals surface area contributed by atoms with Crippen molar-refractivity contribution >= 4 is 0 Å². The van der Waals surface area contributed by atoms with Crippen LogP contribution < -0.4 is 0 Å². The molecule has 1 aliphatic rings. The van der Waals surface area contributed by atoms with E-state index >= 15 is 0 Å². The predicted molar refractivity (Wildman–Crippen MR) is 76.0 cm³/mol. The van der Waals surface area contributed by atoms with Gasteiger partial charge < -0.3 is 30.3 Å². The molecule has 0 unspecified atom stereocenters. The van der Waals surface area contributed by atoms with Gasteiger partial charge in [-0.2, -0.15) is 0 Å². The van der Waals surface area contributed by atoms with E-state index < -0.39 is 40.1 Å². The number of hydrogen-bond donors (Lipinski definition) is 5. The van der Waals surface area contributed by atoms with Crippen LogP contribution in [0.3, 0.4) is 0 Å². The predicted octanol–water partition coefficient (Wildman–Crippen LogP) is 0.704. The molecule has 22 heavy (non-hydrogen) atoms. The highest BCUT2D eigenvalue weighted by Gasteiger charge is 2.42. The topological polar surface area (TPSA) is 114 Å². The molecule has 1 aromatic rings. The number of phenolic OH excluding ortho intramolecular Hbond substituents is 3. The van der Waals surface area contributed by atoms with Crippen molar-refractivity contribution < 1.29 is 34.7 Å². The average molecular weight is 319 g/mol. The normalized spacial score (nSPS) is 16.1. The summed E-state index contributed by atoms with van der Waals surface area (Å²) in [6, 6.07) is 0. The molecule has 1 fully saturated rings. The first kappa shape index (κ1) is 18.4. The molecule has 1 saturated heterocycles. The van der Waals surface area contributed by atoms with Crippen molar-refractivity contribution in [3.05, 3.63) is 16.9 Å². The first-order valence-electron chi connectivity index (χ1n) is 6.99. The van der Waals surface area contributed by atoms with E-state index in [4.69, 9.17) is 4.74 Å². The van der Waals surface area contributed by atoms with Crippen LogP contribution in [0.2, 0.25) is 0 Å². The smallest absolute Gasteiger partial charge is 0.261 e. The maximum absolute atomic E-state index is 13.5. The van der Waals surface area contributed by atoms with E-state index in [1.807, 2.05) is 13.8 Å². The van der Waals surface area contributed by atoms with E-state index in [9.17, 15) is 29.9 Å². The fourth-order valence-electron chi connectivity index (χ4n) is 2.15. The van der Waals surface area contributed by atoms with Gasteiger partial charge in [-0.15, -0.1) is 0 Å². The summed E-state index contributed by atoms with van der Waals surface area (Å²) in [6.45, 7) is 5.86. The molecule has 0 bridgehead atoms. The van der Waals surface area contributed by atoms with Gasteiger partial charge in [-0.3, -0.25) is 0 Å². The number of ether oxygens (including phenoxy) is 1. The van der Waals surface area contributed by atoms with Gasteiger partial charge in [-0.1, -0.05) is 13.8 Å². The van der Waals surface area contributed by atoms with Crippen LogP contribution in [0.15, 0.2) is 0 Å². The van der Waals surface area contributed by atoms with Crippen molar-refractivity contribution in [1.29, 1.82) is 0 Å². The second-order valence-corrected chi connectivity index (χ2v) is 4.59. The van der Waals surface area contributed by atoms with Gasteiger partial charge in [0.15, 0.2) is 17.3 Å². The number of phenols is 3. The molecule has 0 aromatic heterocycles. The Balaban J connectivity index is 0.00000116. The average Bonchev–Trinajstić information content (AvgIpc) is 2.54. The van der Waals surface area contributed by atoms with E-state index in [0.717, 1.165) is 11.8 Å². The van der Waals surface area contributed by atoms with Crippen LogP contribution in [0.25, 0.3) is 0 Å². The lowest BCUT2D eigenvalue weighted by Crippen LogP contribution is -2.51. The monoisotopic (exact) mass is 319 g/mol. The third-order valence-electron chi connectivity index (χ3n) is 3.38. The third-order valence-corrected chi connectivity index (χ3v) is 3.38. The number of morpholine rings is 1. The summed E-state index contributed by atoms with van der Waals surface area (Å²) in [5.74, 6) is -7.05. The van der Waals surface area contributed by atoms with Crippen LogP contribution in [0.1, 0.15) is 25.0 Å². The summed E-state index contributed by atoms with van der Waals surface area (Å²) in [5.41, 5.74) is -1.15.